The summed E-state index contributed by atoms with van der Waals surface area (Å²) in [7, 11) is 3.11. The van der Waals surface area contributed by atoms with E-state index in [-0.39, 0.29) is 29.1 Å². The Morgan fingerprint density at radius 1 is 1.29 bits per heavy atom. The monoisotopic (exact) mass is 357 g/mol. The van der Waals surface area contributed by atoms with Crippen molar-refractivity contribution in [1.82, 2.24) is 4.90 Å². The molecule has 0 bridgehead atoms. The van der Waals surface area contributed by atoms with Gasteiger partial charge in [0.15, 0.2) is 18.1 Å². The first-order valence-electron chi connectivity index (χ1n) is 7.74. The Labute approximate surface area is 147 Å². The number of amides is 1. The molecule has 24 heavy (non-hydrogen) atoms. The minimum Gasteiger partial charge on any atom is -0.493 e. The Bertz CT molecular complexity index is 589. The third kappa shape index (κ3) is 5.30. The predicted octanol–water partition coefficient (Wildman–Crippen LogP) is 3.16. The lowest BCUT2D eigenvalue weighted by Crippen LogP contribution is -2.36. The van der Waals surface area contributed by atoms with Crippen LogP contribution >= 0.6 is 11.6 Å². The zero-order valence-electron chi connectivity index (χ0n) is 14.7. The second kappa shape index (κ2) is 9.37. The summed E-state index contributed by atoms with van der Waals surface area (Å²) in [5.41, 5.74) is 0.195. The minimum atomic E-state index is -0.650. The van der Waals surface area contributed by atoms with Gasteiger partial charge in [0.1, 0.15) is 0 Å². The molecule has 6 nitrogen and oxygen atoms in total. The first kappa shape index (κ1) is 20.1. The molecule has 0 aliphatic carbocycles. The Balaban J connectivity index is 2.84. The van der Waals surface area contributed by atoms with Gasteiger partial charge in [-0.05, 0) is 32.4 Å². The topological polar surface area (TPSA) is 65.1 Å². The van der Waals surface area contributed by atoms with Crippen molar-refractivity contribution < 1.29 is 23.8 Å². The van der Waals surface area contributed by atoms with Gasteiger partial charge in [-0.3, -0.25) is 4.79 Å². The molecule has 1 amide bonds. The van der Waals surface area contributed by atoms with Gasteiger partial charge < -0.3 is 19.1 Å². The summed E-state index contributed by atoms with van der Waals surface area (Å²) in [6, 6.07) is 2.95. The van der Waals surface area contributed by atoms with Crippen LogP contribution in [0.4, 0.5) is 0 Å². The lowest BCUT2D eigenvalue weighted by molar-refractivity contribution is -0.134. The Hall–Kier alpha value is -1.95. The summed E-state index contributed by atoms with van der Waals surface area (Å²) in [4.78, 5) is 25.5. The van der Waals surface area contributed by atoms with Crippen molar-refractivity contribution in [3.8, 4) is 11.5 Å². The average Bonchev–Trinajstić information content (AvgIpc) is 2.56. The molecule has 0 saturated heterocycles. The van der Waals surface area contributed by atoms with Gasteiger partial charge in [0.25, 0.3) is 5.91 Å². The molecule has 1 aromatic carbocycles. The number of hydrogen-bond acceptors (Lipinski definition) is 5. The normalized spacial score (nSPS) is 10.5. The van der Waals surface area contributed by atoms with Crippen molar-refractivity contribution >= 4 is 23.5 Å². The second-order valence-corrected chi connectivity index (χ2v) is 5.92. The molecule has 0 spiro atoms. The number of ether oxygens (including phenoxy) is 3. The molecule has 1 rings (SSSR count). The Morgan fingerprint density at radius 2 is 1.96 bits per heavy atom. The highest BCUT2D eigenvalue weighted by atomic mass is 35.5. The van der Waals surface area contributed by atoms with Gasteiger partial charge >= 0.3 is 5.97 Å². The maximum atomic E-state index is 12.1. The van der Waals surface area contributed by atoms with Crippen LogP contribution in [0.2, 0.25) is 5.02 Å². The summed E-state index contributed by atoms with van der Waals surface area (Å²) in [6.07, 6.45) is 0.814. The first-order valence-corrected chi connectivity index (χ1v) is 8.12. The Morgan fingerprint density at radius 3 is 2.50 bits per heavy atom. The summed E-state index contributed by atoms with van der Waals surface area (Å²) >= 11 is 6.16. The van der Waals surface area contributed by atoms with Crippen LogP contribution in [0.15, 0.2) is 12.1 Å². The van der Waals surface area contributed by atoms with Crippen molar-refractivity contribution in [1.29, 1.82) is 0 Å². The molecule has 0 aliphatic rings. The molecule has 0 saturated carbocycles. The summed E-state index contributed by atoms with van der Waals surface area (Å²) in [5, 5.41) is 0.250. The standard InChI is InChI=1S/C17H24ClNO5/c1-6-7-23-16-13(18)8-12(9-14(16)22-5)17(21)24-10-15(20)19(4)11(2)3/h8-9,11H,6-7,10H2,1-5H3. The fraction of sp³-hybridized carbons (Fsp3) is 0.529. The van der Waals surface area contributed by atoms with E-state index < -0.39 is 5.97 Å². The fourth-order valence-electron chi connectivity index (χ4n) is 1.78. The quantitative estimate of drug-likeness (QED) is 0.669. The van der Waals surface area contributed by atoms with Crippen molar-refractivity contribution in [2.24, 2.45) is 0 Å². The molecular formula is C17H24ClNO5. The van der Waals surface area contributed by atoms with E-state index in [1.54, 1.807) is 7.05 Å². The van der Waals surface area contributed by atoms with Crippen molar-refractivity contribution in [3.05, 3.63) is 22.7 Å². The van der Waals surface area contributed by atoms with Crippen LogP contribution < -0.4 is 9.47 Å². The number of rotatable bonds is 8. The number of carbonyl (C=O) groups excluding carboxylic acids is 2. The number of esters is 1. The van der Waals surface area contributed by atoms with E-state index in [4.69, 9.17) is 25.8 Å². The van der Waals surface area contributed by atoms with Gasteiger partial charge in [0.05, 0.1) is 24.3 Å². The van der Waals surface area contributed by atoms with Crippen LogP contribution in [0.25, 0.3) is 0 Å². The van der Waals surface area contributed by atoms with E-state index in [2.05, 4.69) is 0 Å². The molecule has 0 radical (unpaired) electrons. The predicted molar refractivity (Wildman–Crippen MR) is 92.0 cm³/mol. The van der Waals surface area contributed by atoms with Crippen molar-refractivity contribution in [2.45, 2.75) is 33.2 Å². The number of likely N-dealkylation sites (N-methyl/N-ethyl adjacent to an activating group) is 1. The molecule has 0 aromatic heterocycles. The number of methoxy groups -OCH3 is 1. The van der Waals surface area contributed by atoms with Crippen LogP contribution in [0.5, 0.6) is 11.5 Å². The van der Waals surface area contributed by atoms with Gasteiger partial charge in [-0.25, -0.2) is 4.79 Å². The van der Waals surface area contributed by atoms with Crippen LogP contribution in [0.1, 0.15) is 37.6 Å². The van der Waals surface area contributed by atoms with Gasteiger partial charge in [-0.2, -0.15) is 0 Å². The number of nitrogens with zero attached hydrogens (tertiary/aromatic N) is 1. The van der Waals surface area contributed by atoms with Gasteiger partial charge in [-0.15, -0.1) is 0 Å². The van der Waals surface area contributed by atoms with Crippen molar-refractivity contribution in [3.63, 3.8) is 0 Å². The van der Waals surface area contributed by atoms with Crippen LogP contribution in [-0.2, 0) is 9.53 Å². The van der Waals surface area contributed by atoms with E-state index in [1.807, 2.05) is 20.8 Å². The maximum Gasteiger partial charge on any atom is 0.338 e. The molecule has 1 aromatic rings. The molecule has 0 unspecified atom stereocenters. The van der Waals surface area contributed by atoms with Crippen LogP contribution in [0.3, 0.4) is 0 Å². The summed E-state index contributed by atoms with van der Waals surface area (Å²) < 4.78 is 15.8. The van der Waals surface area contributed by atoms with Crippen LogP contribution in [-0.4, -0.2) is 50.2 Å². The third-order valence-corrected chi connectivity index (χ3v) is 3.69. The average molecular weight is 358 g/mol. The highest BCUT2D eigenvalue weighted by Gasteiger charge is 2.19. The van der Waals surface area contributed by atoms with Gasteiger partial charge in [0, 0.05) is 13.1 Å². The highest BCUT2D eigenvalue weighted by Crippen LogP contribution is 2.36. The minimum absolute atomic E-state index is 0.0285. The van der Waals surface area contributed by atoms with E-state index in [1.165, 1.54) is 24.1 Å². The lowest BCUT2D eigenvalue weighted by Gasteiger charge is -2.21. The lowest BCUT2D eigenvalue weighted by atomic mass is 10.2. The van der Waals surface area contributed by atoms with Gasteiger partial charge in [-0.1, -0.05) is 18.5 Å². The summed E-state index contributed by atoms with van der Waals surface area (Å²) in [6.45, 7) is 5.87. The largest absolute Gasteiger partial charge is 0.493 e. The van der Waals surface area contributed by atoms with E-state index >= 15 is 0 Å². The van der Waals surface area contributed by atoms with E-state index in [0.29, 0.717) is 18.1 Å². The smallest absolute Gasteiger partial charge is 0.338 e. The number of halogens is 1. The molecule has 7 heteroatoms. The maximum absolute atomic E-state index is 12.1. The van der Waals surface area contributed by atoms with E-state index in [9.17, 15) is 9.59 Å². The van der Waals surface area contributed by atoms with Gasteiger partial charge in [0.2, 0.25) is 0 Å². The Kier molecular flexibility index (Phi) is 7.85. The molecule has 134 valence electrons. The number of benzene rings is 1. The zero-order valence-corrected chi connectivity index (χ0v) is 15.5. The molecule has 0 heterocycles. The second-order valence-electron chi connectivity index (χ2n) is 5.51. The van der Waals surface area contributed by atoms with Crippen LogP contribution in [0, 0.1) is 0 Å². The SMILES string of the molecule is CCCOc1c(Cl)cc(C(=O)OCC(=O)N(C)C(C)C)cc1OC. The number of carbonyl (C=O) groups is 2. The number of hydrogen-bond donors (Lipinski definition) is 0. The first-order chi connectivity index (χ1) is 11.3. The molecular weight excluding hydrogens is 334 g/mol. The molecule has 0 atom stereocenters. The highest BCUT2D eigenvalue weighted by molar-refractivity contribution is 6.32. The molecule has 0 fully saturated rings. The zero-order chi connectivity index (χ0) is 18.3. The van der Waals surface area contributed by atoms with E-state index in [0.717, 1.165) is 6.42 Å². The van der Waals surface area contributed by atoms with Crippen molar-refractivity contribution in [2.75, 3.05) is 27.4 Å². The summed E-state index contributed by atoms with van der Waals surface area (Å²) in [5.74, 6) is -0.205. The fourth-order valence-corrected chi connectivity index (χ4v) is 2.05. The molecule has 0 aliphatic heterocycles. The third-order valence-electron chi connectivity index (χ3n) is 3.41. The molecule has 0 N–H and O–H groups in total.